The first-order valence-electron chi connectivity index (χ1n) is 13.4. The number of nitrogens with zero attached hydrogens (tertiary/aromatic N) is 1. The number of carboxylic acid groups (broad SMARTS) is 1. The predicted molar refractivity (Wildman–Crippen MR) is 162 cm³/mol. The summed E-state index contributed by atoms with van der Waals surface area (Å²) in [6, 6.07) is 15.9. The normalized spacial score (nSPS) is 18.4. The number of nitrogens with one attached hydrogen (secondary N) is 2. The standard InChI is InChI=1S/C31H26Cl3N3O5/c1-36-24-11-15(7-9-18(24)27(35)30(38)39)19-13-20(19)17-10-8-16(12-23(17)34)41-31(40)26-28(37-42-29(26)14-5-6-14)25-21(32)3-2-4-22(25)33/h2-4,7-12,14,19-20,31,35-36,40H,5-6,13H2,1H3,(H,38,39). The van der Waals surface area contributed by atoms with Crippen molar-refractivity contribution in [2.45, 2.75) is 43.3 Å². The molecule has 2 aliphatic carbocycles. The topological polar surface area (TPSA) is 129 Å². The van der Waals surface area contributed by atoms with E-state index < -0.39 is 18.0 Å². The smallest absolute Gasteiger partial charge is 0.354 e. The fourth-order valence-electron chi connectivity index (χ4n) is 5.40. The van der Waals surface area contributed by atoms with E-state index in [1.54, 1.807) is 43.4 Å². The maximum Gasteiger partial charge on any atom is 0.354 e. The Morgan fingerprint density at radius 3 is 2.45 bits per heavy atom. The molecule has 0 radical (unpaired) electrons. The van der Waals surface area contributed by atoms with E-state index in [-0.39, 0.29) is 17.8 Å². The lowest BCUT2D eigenvalue weighted by Gasteiger charge is -2.16. The Labute approximate surface area is 256 Å². The van der Waals surface area contributed by atoms with Crippen LogP contribution in [0.5, 0.6) is 5.75 Å². The van der Waals surface area contributed by atoms with Crippen molar-refractivity contribution in [1.82, 2.24) is 5.16 Å². The highest BCUT2D eigenvalue weighted by Crippen LogP contribution is 2.57. The summed E-state index contributed by atoms with van der Waals surface area (Å²) in [5.41, 5.74) is 3.65. The van der Waals surface area contributed by atoms with Crippen LogP contribution < -0.4 is 10.1 Å². The van der Waals surface area contributed by atoms with Crippen LogP contribution in [0.3, 0.4) is 0 Å². The number of hydrogen-bond donors (Lipinski definition) is 4. The molecule has 1 aromatic heterocycles. The molecule has 2 saturated carbocycles. The van der Waals surface area contributed by atoms with Crippen LogP contribution in [-0.2, 0) is 4.79 Å². The maximum atomic E-state index is 11.3. The number of halogens is 3. The summed E-state index contributed by atoms with van der Waals surface area (Å²) in [5.74, 6) is 0.162. The van der Waals surface area contributed by atoms with E-state index >= 15 is 0 Å². The molecule has 6 rings (SSSR count). The van der Waals surface area contributed by atoms with Gasteiger partial charge in [-0.1, -0.05) is 64.2 Å². The molecular formula is C31H26Cl3N3O5. The van der Waals surface area contributed by atoms with Crippen LogP contribution in [0.25, 0.3) is 11.3 Å². The first kappa shape index (κ1) is 28.6. The maximum absolute atomic E-state index is 11.3. The summed E-state index contributed by atoms with van der Waals surface area (Å²) in [7, 11) is 1.70. The van der Waals surface area contributed by atoms with Gasteiger partial charge in [0.05, 0.1) is 15.6 Å². The minimum absolute atomic E-state index is 0.144. The van der Waals surface area contributed by atoms with Gasteiger partial charge in [0.25, 0.3) is 0 Å². The molecule has 0 saturated heterocycles. The Kier molecular flexibility index (Phi) is 7.66. The Morgan fingerprint density at radius 2 is 1.81 bits per heavy atom. The predicted octanol–water partition coefficient (Wildman–Crippen LogP) is 8.01. The number of anilines is 1. The lowest BCUT2D eigenvalue weighted by Crippen LogP contribution is -2.14. The van der Waals surface area contributed by atoms with Crippen molar-refractivity contribution >= 4 is 52.2 Å². The van der Waals surface area contributed by atoms with Crippen LogP contribution in [0, 0.1) is 5.41 Å². The second-order valence-corrected chi connectivity index (χ2v) is 11.7. The molecular weight excluding hydrogens is 601 g/mol. The van der Waals surface area contributed by atoms with E-state index in [0.29, 0.717) is 54.6 Å². The number of rotatable bonds is 10. The first-order valence-corrected chi connectivity index (χ1v) is 14.5. The fraction of sp³-hybridized carbons (Fsp3) is 0.258. The number of aliphatic carboxylic acids is 1. The third-order valence-corrected chi connectivity index (χ3v) is 8.74. The second-order valence-electron chi connectivity index (χ2n) is 10.5. The number of aromatic nitrogens is 1. The molecule has 0 amide bonds. The zero-order valence-corrected chi connectivity index (χ0v) is 24.6. The minimum Gasteiger partial charge on any atom is -0.477 e. The summed E-state index contributed by atoms with van der Waals surface area (Å²) in [4.78, 5) is 11.3. The van der Waals surface area contributed by atoms with Crippen molar-refractivity contribution in [3.05, 3.63) is 97.7 Å². The molecule has 0 aliphatic heterocycles. The van der Waals surface area contributed by atoms with Crippen molar-refractivity contribution < 1.29 is 24.3 Å². The van der Waals surface area contributed by atoms with Gasteiger partial charge in [0.15, 0.2) is 0 Å². The number of aliphatic hydroxyl groups is 1. The van der Waals surface area contributed by atoms with Crippen LogP contribution in [0.4, 0.5) is 5.69 Å². The van der Waals surface area contributed by atoms with E-state index in [1.807, 2.05) is 18.2 Å². The summed E-state index contributed by atoms with van der Waals surface area (Å²) in [5, 5.41) is 36.8. The number of aliphatic hydroxyl groups excluding tert-OH is 1. The molecule has 2 fully saturated rings. The molecule has 2 aliphatic rings. The fourth-order valence-corrected chi connectivity index (χ4v) is 6.29. The molecule has 11 heteroatoms. The third kappa shape index (κ3) is 5.36. The minimum atomic E-state index is -1.40. The quantitative estimate of drug-likeness (QED) is 0.104. The molecule has 0 spiro atoms. The molecule has 42 heavy (non-hydrogen) atoms. The van der Waals surface area contributed by atoms with Crippen molar-refractivity contribution in [3.63, 3.8) is 0 Å². The van der Waals surface area contributed by atoms with Gasteiger partial charge < -0.3 is 24.8 Å². The van der Waals surface area contributed by atoms with E-state index in [4.69, 9.17) is 49.5 Å². The molecule has 4 aromatic rings. The van der Waals surface area contributed by atoms with Crippen LogP contribution in [0.2, 0.25) is 15.1 Å². The first-order chi connectivity index (χ1) is 20.2. The lowest BCUT2D eigenvalue weighted by atomic mass is 9.99. The molecule has 3 unspecified atom stereocenters. The number of ether oxygens (including phenoxy) is 1. The molecule has 3 aromatic carbocycles. The van der Waals surface area contributed by atoms with Crippen LogP contribution in [0.1, 0.15) is 71.3 Å². The van der Waals surface area contributed by atoms with Crippen molar-refractivity contribution in [2.75, 3.05) is 12.4 Å². The van der Waals surface area contributed by atoms with Crippen LogP contribution in [0.15, 0.2) is 59.1 Å². The van der Waals surface area contributed by atoms with E-state index in [0.717, 1.165) is 30.4 Å². The SMILES string of the molecule is CNc1cc(C2CC2c2ccc(OC(O)c3c(-c4c(Cl)cccc4Cl)noc3C3CC3)cc2Cl)ccc1C(=N)C(=O)O. The number of hydrogen-bond acceptors (Lipinski definition) is 7. The van der Waals surface area contributed by atoms with Gasteiger partial charge in [0.1, 0.15) is 22.9 Å². The van der Waals surface area contributed by atoms with Gasteiger partial charge in [-0.2, -0.15) is 0 Å². The number of benzene rings is 3. The summed E-state index contributed by atoms with van der Waals surface area (Å²) in [6.45, 7) is 0. The van der Waals surface area contributed by atoms with Gasteiger partial charge in [0, 0.05) is 34.8 Å². The molecule has 3 atom stereocenters. The van der Waals surface area contributed by atoms with Crippen molar-refractivity contribution in [1.29, 1.82) is 5.41 Å². The summed E-state index contributed by atoms with van der Waals surface area (Å²) >= 11 is 19.6. The van der Waals surface area contributed by atoms with E-state index in [2.05, 4.69) is 10.5 Å². The van der Waals surface area contributed by atoms with Crippen molar-refractivity contribution in [2.24, 2.45) is 0 Å². The Hall–Kier alpha value is -3.56. The van der Waals surface area contributed by atoms with Gasteiger partial charge in [-0.25, -0.2) is 4.79 Å². The Balaban J connectivity index is 1.22. The average Bonchev–Trinajstić information content (AvgIpc) is 3.90. The average molecular weight is 627 g/mol. The number of carboxylic acids is 1. The Morgan fingerprint density at radius 1 is 1.07 bits per heavy atom. The van der Waals surface area contributed by atoms with Crippen LogP contribution in [-0.4, -0.2) is 34.1 Å². The molecule has 216 valence electrons. The Bertz CT molecular complexity index is 1700. The monoisotopic (exact) mass is 625 g/mol. The van der Waals surface area contributed by atoms with Gasteiger partial charge in [0.2, 0.25) is 6.29 Å². The molecule has 0 bridgehead atoms. The van der Waals surface area contributed by atoms with Crippen LogP contribution >= 0.6 is 34.8 Å². The van der Waals surface area contributed by atoms with Gasteiger partial charge in [-0.3, -0.25) is 5.41 Å². The van der Waals surface area contributed by atoms with Gasteiger partial charge in [-0.15, -0.1) is 0 Å². The van der Waals surface area contributed by atoms with Crippen molar-refractivity contribution in [3.8, 4) is 17.0 Å². The van der Waals surface area contributed by atoms with Gasteiger partial charge >= 0.3 is 5.97 Å². The zero-order valence-electron chi connectivity index (χ0n) is 22.3. The van der Waals surface area contributed by atoms with E-state index in [9.17, 15) is 15.0 Å². The van der Waals surface area contributed by atoms with E-state index in [1.165, 1.54) is 0 Å². The summed E-state index contributed by atoms with van der Waals surface area (Å²) in [6.07, 6.45) is 1.32. The highest BCUT2D eigenvalue weighted by atomic mass is 35.5. The molecule has 4 N–H and O–H groups in total. The second kappa shape index (κ2) is 11.3. The number of carbonyl (C=O) groups is 1. The lowest BCUT2D eigenvalue weighted by molar-refractivity contribution is -0.129. The largest absolute Gasteiger partial charge is 0.477 e. The zero-order chi connectivity index (χ0) is 29.7. The third-order valence-electron chi connectivity index (χ3n) is 7.78. The molecule has 1 heterocycles. The van der Waals surface area contributed by atoms with Gasteiger partial charge in [-0.05, 0) is 72.6 Å². The highest BCUT2D eigenvalue weighted by Gasteiger charge is 2.41. The highest BCUT2D eigenvalue weighted by molar-refractivity contribution is 6.42. The summed E-state index contributed by atoms with van der Waals surface area (Å²) < 4.78 is 11.6. The molecule has 8 nitrogen and oxygen atoms in total.